The lowest BCUT2D eigenvalue weighted by molar-refractivity contribution is 0.228. The summed E-state index contributed by atoms with van der Waals surface area (Å²) in [5.41, 5.74) is 4.93. The van der Waals surface area contributed by atoms with Gasteiger partial charge in [0.05, 0.1) is 25.6 Å². The van der Waals surface area contributed by atoms with E-state index in [-0.39, 0.29) is 6.04 Å². The average Bonchev–Trinajstić information content (AvgIpc) is 2.83. The Labute approximate surface area is 196 Å². The third-order valence-corrected chi connectivity index (χ3v) is 6.57. The molecule has 0 saturated carbocycles. The Hall–Kier alpha value is -3.55. The molecule has 0 amide bonds. The van der Waals surface area contributed by atoms with Crippen LogP contribution < -0.4 is 9.64 Å². The molecule has 0 spiro atoms. The first kappa shape index (κ1) is 22.6. The lowest BCUT2D eigenvalue weighted by Crippen LogP contribution is -2.52. The number of methoxy groups -OCH3 is 1. The largest absolute Gasteiger partial charge is 0.480 e. The van der Waals surface area contributed by atoms with Gasteiger partial charge in [-0.05, 0) is 24.5 Å². The van der Waals surface area contributed by atoms with E-state index in [1.54, 1.807) is 7.11 Å². The van der Waals surface area contributed by atoms with Crippen molar-refractivity contribution in [2.24, 2.45) is 0 Å². The highest BCUT2D eigenvalue weighted by Crippen LogP contribution is 2.36. The minimum atomic E-state index is 0.0681. The molecule has 1 aromatic carbocycles. The molecule has 1 atom stereocenters. The summed E-state index contributed by atoms with van der Waals surface area (Å²) in [7, 11) is 1.57. The van der Waals surface area contributed by atoms with E-state index >= 15 is 0 Å². The molecule has 7 nitrogen and oxygen atoms in total. The zero-order chi connectivity index (χ0) is 23.4. The molecule has 2 aliphatic heterocycles. The second kappa shape index (κ2) is 9.94. The van der Waals surface area contributed by atoms with Crippen LogP contribution in [0.3, 0.4) is 0 Å². The number of allylic oxidation sites excluding steroid dienone is 1. The van der Waals surface area contributed by atoms with Gasteiger partial charge in [-0.15, -0.1) is 0 Å². The minimum absolute atomic E-state index is 0.0681. The van der Waals surface area contributed by atoms with Gasteiger partial charge in [-0.3, -0.25) is 4.90 Å². The Morgan fingerprint density at radius 3 is 2.64 bits per heavy atom. The van der Waals surface area contributed by atoms with Gasteiger partial charge >= 0.3 is 0 Å². The van der Waals surface area contributed by atoms with E-state index in [0.717, 1.165) is 55.2 Å². The molecule has 7 heteroatoms. The van der Waals surface area contributed by atoms with Gasteiger partial charge in [0, 0.05) is 50.5 Å². The van der Waals surface area contributed by atoms with Gasteiger partial charge in [-0.1, -0.05) is 36.9 Å². The molecule has 1 unspecified atom stereocenters. The van der Waals surface area contributed by atoms with Gasteiger partial charge in [0.15, 0.2) is 0 Å². The summed E-state index contributed by atoms with van der Waals surface area (Å²) in [6, 6.07) is 15.1. The quantitative estimate of drug-likeness (QED) is 0.678. The number of benzene rings is 1. The van der Waals surface area contributed by atoms with Crippen LogP contribution >= 0.6 is 0 Å². The second-order valence-electron chi connectivity index (χ2n) is 8.73. The van der Waals surface area contributed by atoms with E-state index in [9.17, 15) is 10.5 Å². The standard InChI is InChI=1S/C26H30N6O/c1-19(2)32-14-13-31(17-21(32)9-11-27)25-22-10-12-30(16-20-7-5-4-6-8-20)18-24(22)23(15-28)26(29-25)33-3/h4-8,21H,1,9-10,12-14,16-18H2,2-3H3. The average molecular weight is 443 g/mol. The zero-order valence-electron chi connectivity index (χ0n) is 19.4. The number of aromatic nitrogens is 1. The SMILES string of the molecule is C=C(C)N1CCN(c2nc(OC)c(C#N)c3c2CCN(Cc2ccccc2)C3)CC1CC#N. The van der Waals surface area contributed by atoms with Crippen LogP contribution in [0.5, 0.6) is 5.88 Å². The lowest BCUT2D eigenvalue weighted by atomic mass is 9.95. The number of nitrogens with zero attached hydrogens (tertiary/aromatic N) is 6. The molecule has 2 aromatic rings. The number of nitriles is 2. The number of fused-ring (bicyclic) bond motifs is 1. The van der Waals surface area contributed by atoms with Gasteiger partial charge in [-0.2, -0.15) is 15.5 Å². The van der Waals surface area contributed by atoms with E-state index in [2.05, 4.69) is 57.7 Å². The third-order valence-electron chi connectivity index (χ3n) is 6.57. The summed E-state index contributed by atoms with van der Waals surface area (Å²) in [6.07, 6.45) is 1.26. The highest BCUT2D eigenvalue weighted by molar-refractivity contribution is 5.61. The maximum Gasteiger partial charge on any atom is 0.233 e. The minimum Gasteiger partial charge on any atom is -0.480 e. The maximum absolute atomic E-state index is 9.94. The van der Waals surface area contributed by atoms with Crippen LogP contribution in [0.4, 0.5) is 5.82 Å². The summed E-state index contributed by atoms with van der Waals surface area (Å²) < 4.78 is 5.57. The van der Waals surface area contributed by atoms with Crippen molar-refractivity contribution in [3.05, 3.63) is 64.9 Å². The number of anilines is 1. The van der Waals surface area contributed by atoms with E-state index in [1.165, 1.54) is 5.56 Å². The second-order valence-corrected chi connectivity index (χ2v) is 8.73. The number of piperazine rings is 1. The highest BCUT2D eigenvalue weighted by Gasteiger charge is 2.32. The van der Waals surface area contributed by atoms with Crippen LogP contribution in [0, 0.1) is 22.7 Å². The molecule has 2 aliphatic rings. The fourth-order valence-corrected chi connectivity index (χ4v) is 4.98. The van der Waals surface area contributed by atoms with Crippen LogP contribution in [0.15, 0.2) is 42.6 Å². The first-order chi connectivity index (χ1) is 16.0. The molecule has 1 fully saturated rings. The van der Waals surface area contributed by atoms with Crippen LogP contribution in [0.2, 0.25) is 0 Å². The molecule has 0 N–H and O–H groups in total. The molecule has 4 rings (SSSR count). The van der Waals surface area contributed by atoms with Crippen LogP contribution in [0.1, 0.15) is 35.6 Å². The number of pyridine rings is 1. The molecule has 0 bridgehead atoms. The van der Waals surface area contributed by atoms with Crippen molar-refractivity contribution in [1.82, 2.24) is 14.8 Å². The molecule has 170 valence electrons. The molecule has 3 heterocycles. The van der Waals surface area contributed by atoms with Crippen molar-refractivity contribution in [2.75, 3.05) is 38.2 Å². The predicted octanol–water partition coefficient (Wildman–Crippen LogP) is 3.46. The number of ether oxygens (including phenoxy) is 1. The molecule has 0 radical (unpaired) electrons. The van der Waals surface area contributed by atoms with Gasteiger partial charge in [0.1, 0.15) is 17.5 Å². The van der Waals surface area contributed by atoms with E-state index in [4.69, 9.17) is 9.72 Å². The highest BCUT2D eigenvalue weighted by atomic mass is 16.5. The topological polar surface area (TPSA) is 79.4 Å². The van der Waals surface area contributed by atoms with Gasteiger partial charge < -0.3 is 14.5 Å². The fourth-order valence-electron chi connectivity index (χ4n) is 4.98. The Balaban J connectivity index is 1.67. The Bertz CT molecular complexity index is 1100. The smallest absolute Gasteiger partial charge is 0.233 e. The summed E-state index contributed by atoms with van der Waals surface area (Å²) in [5.74, 6) is 1.27. The number of hydrogen-bond acceptors (Lipinski definition) is 7. The Kier molecular flexibility index (Phi) is 6.82. The molecule has 1 aromatic heterocycles. The molecule has 0 aliphatic carbocycles. The third kappa shape index (κ3) is 4.65. The van der Waals surface area contributed by atoms with Crippen LogP contribution in [-0.4, -0.2) is 54.1 Å². The van der Waals surface area contributed by atoms with Gasteiger partial charge in [0.25, 0.3) is 0 Å². The zero-order valence-corrected chi connectivity index (χ0v) is 19.4. The van der Waals surface area contributed by atoms with Crippen molar-refractivity contribution in [1.29, 1.82) is 10.5 Å². The molecule has 1 saturated heterocycles. The predicted molar refractivity (Wildman–Crippen MR) is 128 cm³/mol. The number of rotatable bonds is 6. The van der Waals surface area contributed by atoms with Crippen molar-refractivity contribution in [3.8, 4) is 18.0 Å². The maximum atomic E-state index is 9.94. The normalized spacial score (nSPS) is 18.2. The van der Waals surface area contributed by atoms with E-state index < -0.39 is 0 Å². The summed E-state index contributed by atoms with van der Waals surface area (Å²) in [4.78, 5) is 11.7. The van der Waals surface area contributed by atoms with E-state index in [0.29, 0.717) is 31.0 Å². The van der Waals surface area contributed by atoms with Crippen molar-refractivity contribution >= 4 is 5.82 Å². The number of hydrogen-bond donors (Lipinski definition) is 0. The monoisotopic (exact) mass is 442 g/mol. The van der Waals surface area contributed by atoms with Crippen LogP contribution in [-0.2, 0) is 19.5 Å². The van der Waals surface area contributed by atoms with E-state index in [1.807, 2.05) is 13.0 Å². The van der Waals surface area contributed by atoms with Crippen LogP contribution in [0.25, 0.3) is 0 Å². The lowest BCUT2D eigenvalue weighted by Gasteiger charge is -2.44. The first-order valence-corrected chi connectivity index (χ1v) is 11.4. The first-order valence-electron chi connectivity index (χ1n) is 11.4. The summed E-state index contributed by atoms with van der Waals surface area (Å²) in [5, 5.41) is 19.3. The molecular formula is C26H30N6O. The van der Waals surface area contributed by atoms with Crippen molar-refractivity contribution < 1.29 is 4.74 Å². The summed E-state index contributed by atoms with van der Waals surface area (Å²) >= 11 is 0. The molecular weight excluding hydrogens is 412 g/mol. The molecule has 33 heavy (non-hydrogen) atoms. The fraction of sp³-hybridized carbons (Fsp3) is 0.423. The van der Waals surface area contributed by atoms with Crippen molar-refractivity contribution in [2.45, 2.75) is 38.9 Å². The Morgan fingerprint density at radius 2 is 1.97 bits per heavy atom. The van der Waals surface area contributed by atoms with Gasteiger partial charge in [-0.25, -0.2) is 0 Å². The Morgan fingerprint density at radius 1 is 1.18 bits per heavy atom. The van der Waals surface area contributed by atoms with Crippen molar-refractivity contribution in [3.63, 3.8) is 0 Å². The summed E-state index contributed by atoms with van der Waals surface area (Å²) in [6.45, 7) is 10.8. The van der Waals surface area contributed by atoms with Gasteiger partial charge in [0.2, 0.25) is 5.88 Å².